The molecular formula is C11H19NO3. The number of carboxylic acid groups (broad SMARTS) is 1. The molecule has 2 atom stereocenters. The van der Waals surface area contributed by atoms with Gasteiger partial charge < -0.3 is 10.4 Å². The molecule has 0 spiro atoms. The molecule has 4 nitrogen and oxygen atoms in total. The molecule has 1 amide bonds. The highest BCUT2D eigenvalue weighted by atomic mass is 16.4. The predicted octanol–water partition coefficient (Wildman–Crippen LogP) is 1.40. The van der Waals surface area contributed by atoms with Crippen LogP contribution in [0.3, 0.4) is 0 Å². The normalized spacial score (nSPS) is 25.9. The highest BCUT2D eigenvalue weighted by molar-refractivity contribution is 5.85. The van der Waals surface area contributed by atoms with Gasteiger partial charge in [0.25, 0.3) is 0 Å². The lowest BCUT2D eigenvalue weighted by atomic mass is 9.81. The zero-order valence-corrected chi connectivity index (χ0v) is 9.54. The van der Waals surface area contributed by atoms with Gasteiger partial charge in [0.2, 0.25) is 5.91 Å². The van der Waals surface area contributed by atoms with Gasteiger partial charge in [0, 0.05) is 5.92 Å². The Morgan fingerprint density at radius 3 is 2.47 bits per heavy atom. The Bertz CT molecular complexity index is 273. The van der Waals surface area contributed by atoms with Crippen molar-refractivity contribution in [2.24, 2.45) is 11.3 Å². The number of amides is 1. The van der Waals surface area contributed by atoms with Gasteiger partial charge in [-0.1, -0.05) is 20.3 Å². The number of carboxylic acids is 1. The fourth-order valence-electron chi connectivity index (χ4n) is 2.19. The highest BCUT2D eigenvalue weighted by Gasteiger charge is 2.39. The molecule has 1 rings (SSSR count). The molecule has 4 heteroatoms. The largest absolute Gasteiger partial charge is 0.480 e. The van der Waals surface area contributed by atoms with Crippen LogP contribution in [-0.4, -0.2) is 23.0 Å². The summed E-state index contributed by atoms with van der Waals surface area (Å²) in [7, 11) is 0. The van der Waals surface area contributed by atoms with Crippen LogP contribution in [0.1, 0.15) is 40.0 Å². The van der Waals surface area contributed by atoms with Crippen molar-refractivity contribution >= 4 is 11.9 Å². The molecule has 86 valence electrons. The predicted molar refractivity (Wildman–Crippen MR) is 56.4 cm³/mol. The number of aliphatic carboxylic acids is 1. The van der Waals surface area contributed by atoms with Crippen molar-refractivity contribution < 1.29 is 14.7 Å². The molecule has 0 saturated heterocycles. The fourth-order valence-corrected chi connectivity index (χ4v) is 2.19. The second-order valence-electron chi connectivity index (χ2n) is 5.00. The lowest BCUT2D eigenvalue weighted by Crippen LogP contribution is -2.44. The van der Waals surface area contributed by atoms with Crippen molar-refractivity contribution in [1.82, 2.24) is 5.32 Å². The van der Waals surface area contributed by atoms with Crippen molar-refractivity contribution in [3.63, 3.8) is 0 Å². The van der Waals surface area contributed by atoms with Crippen LogP contribution in [-0.2, 0) is 9.59 Å². The molecule has 2 unspecified atom stereocenters. The molecule has 0 bridgehead atoms. The second-order valence-corrected chi connectivity index (χ2v) is 5.00. The van der Waals surface area contributed by atoms with Crippen LogP contribution in [0.5, 0.6) is 0 Å². The Balaban J connectivity index is 2.58. The molecule has 0 aliphatic heterocycles. The van der Waals surface area contributed by atoms with Gasteiger partial charge in [0.1, 0.15) is 6.04 Å². The van der Waals surface area contributed by atoms with E-state index in [0.717, 1.165) is 19.3 Å². The van der Waals surface area contributed by atoms with Crippen molar-refractivity contribution in [3.8, 4) is 0 Å². The SMILES string of the molecule is CC(NC(=O)C1CCCC1(C)C)C(=O)O. The van der Waals surface area contributed by atoms with Gasteiger partial charge >= 0.3 is 5.97 Å². The first-order valence-corrected chi connectivity index (χ1v) is 5.38. The van der Waals surface area contributed by atoms with Gasteiger partial charge in [0.05, 0.1) is 0 Å². The van der Waals surface area contributed by atoms with E-state index >= 15 is 0 Å². The van der Waals surface area contributed by atoms with Gasteiger partial charge in [0.15, 0.2) is 0 Å². The fraction of sp³-hybridized carbons (Fsp3) is 0.818. The molecule has 2 N–H and O–H groups in total. The lowest BCUT2D eigenvalue weighted by molar-refractivity contribution is -0.142. The summed E-state index contributed by atoms with van der Waals surface area (Å²) in [6.45, 7) is 5.62. The quantitative estimate of drug-likeness (QED) is 0.744. The Kier molecular flexibility index (Phi) is 3.37. The number of hydrogen-bond acceptors (Lipinski definition) is 2. The van der Waals surface area contributed by atoms with E-state index in [-0.39, 0.29) is 17.2 Å². The summed E-state index contributed by atoms with van der Waals surface area (Å²) >= 11 is 0. The van der Waals surface area contributed by atoms with Crippen molar-refractivity contribution in [3.05, 3.63) is 0 Å². The van der Waals surface area contributed by atoms with Crippen LogP contribution in [0, 0.1) is 11.3 Å². The third-order valence-corrected chi connectivity index (χ3v) is 3.30. The van der Waals surface area contributed by atoms with Crippen molar-refractivity contribution in [2.75, 3.05) is 0 Å². The third-order valence-electron chi connectivity index (χ3n) is 3.30. The summed E-state index contributed by atoms with van der Waals surface area (Å²) in [5.74, 6) is -1.15. The Morgan fingerprint density at radius 2 is 2.07 bits per heavy atom. The first-order chi connectivity index (χ1) is 6.84. The molecule has 0 heterocycles. The summed E-state index contributed by atoms with van der Waals surface area (Å²) in [6, 6.07) is -0.797. The molecule has 0 aromatic heterocycles. The Hall–Kier alpha value is -1.06. The van der Waals surface area contributed by atoms with Gasteiger partial charge in [-0.25, -0.2) is 0 Å². The maximum Gasteiger partial charge on any atom is 0.325 e. The van der Waals surface area contributed by atoms with E-state index < -0.39 is 12.0 Å². The summed E-state index contributed by atoms with van der Waals surface area (Å²) in [4.78, 5) is 22.4. The van der Waals surface area contributed by atoms with E-state index in [0.29, 0.717) is 0 Å². The van der Waals surface area contributed by atoms with E-state index in [9.17, 15) is 9.59 Å². The summed E-state index contributed by atoms with van der Waals surface area (Å²) in [6.07, 6.45) is 2.95. The number of carbonyl (C=O) groups excluding carboxylic acids is 1. The van der Waals surface area contributed by atoms with Gasteiger partial charge in [-0.2, -0.15) is 0 Å². The maximum absolute atomic E-state index is 11.8. The zero-order valence-electron chi connectivity index (χ0n) is 9.54. The summed E-state index contributed by atoms with van der Waals surface area (Å²) in [5, 5.41) is 11.2. The Labute approximate surface area is 90.0 Å². The van der Waals surface area contributed by atoms with Crippen LogP contribution in [0.25, 0.3) is 0 Å². The molecule has 1 fully saturated rings. The van der Waals surface area contributed by atoms with Gasteiger partial charge in [-0.05, 0) is 25.2 Å². The molecular weight excluding hydrogens is 194 g/mol. The average Bonchev–Trinajstić information content (AvgIpc) is 2.44. The third kappa shape index (κ3) is 2.70. The molecule has 0 aromatic carbocycles. The van der Waals surface area contributed by atoms with Crippen molar-refractivity contribution in [2.45, 2.75) is 46.1 Å². The average molecular weight is 213 g/mol. The van der Waals surface area contributed by atoms with Gasteiger partial charge in [-0.3, -0.25) is 9.59 Å². The minimum absolute atomic E-state index is 0.00229. The highest BCUT2D eigenvalue weighted by Crippen LogP contribution is 2.42. The first-order valence-electron chi connectivity index (χ1n) is 5.38. The van der Waals surface area contributed by atoms with Crippen LogP contribution in [0.15, 0.2) is 0 Å². The molecule has 1 aliphatic carbocycles. The molecule has 15 heavy (non-hydrogen) atoms. The molecule has 0 radical (unpaired) electrons. The topological polar surface area (TPSA) is 66.4 Å². The van der Waals surface area contributed by atoms with Crippen LogP contribution in [0.4, 0.5) is 0 Å². The van der Waals surface area contributed by atoms with Crippen molar-refractivity contribution in [1.29, 1.82) is 0 Å². The minimum Gasteiger partial charge on any atom is -0.480 e. The van der Waals surface area contributed by atoms with Crippen LogP contribution in [0.2, 0.25) is 0 Å². The standard InChI is InChI=1S/C11H19NO3/c1-7(10(14)15)12-9(13)8-5-4-6-11(8,2)3/h7-8H,4-6H2,1-3H3,(H,12,13)(H,14,15). The van der Waals surface area contributed by atoms with E-state index in [1.165, 1.54) is 6.92 Å². The van der Waals surface area contributed by atoms with Crippen LogP contribution < -0.4 is 5.32 Å². The second kappa shape index (κ2) is 4.21. The molecule has 1 saturated carbocycles. The first kappa shape index (κ1) is 12.0. The number of rotatable bonds is 3. The monoisotopic (exact) mass is 213 g/mol. The number of hydrogen-bond donors (Lipinski definition) is 2. The molecule has 1 aliphatic rings. The maximum atomic E-state index is 11.8. The smallest absolute Gasteiger partial charge is 0.325 e. The molecule has 0 aromatic rings. The zero-order chi connectivity index (χ0) is 11.6. The van der Waals surface area contributed by atoms with E-state index in [2.05, 4.69) is 19.2 Å². The number of nitrogens with one attached hydrogen (secondary N) is 1. The lowest BCUT2D eigenvalue weighted by Gasteiger charge is -2.26. The van der Waals surface area contributed by atoms with E-state index in [1.54, 1.807) is 0 Å². The van der Waals surface area contributed by atoms with Crippen LogP contribution >= 0.6 is 0 Å². The minimum atomic E-state index is -0.987. The van der Waals surface area contributed by atoms with E-state index in [1.807, 2.05) is 0 Å². The summed E-state index contributed by atoms with van der Waals surface area (Å²) < 4.78 is 0. The summed E-state index contributed by atoms with van der Waals surface area (Å²) in [5.41, 5.74) is 0.00229. The number of carbonyl (C=O) groups is 2. The Morgan fingerprint density at radius 1 is 1.47 bits per heavy atom. The van der Waals surface area contributed by atoms with E-state index in [4.69, 9.17) is 5.11 Å². The van der Waals surface area contributed by atoms with Gasteiger partial charge in [-0.15, -0.1) is 0 Å².